The van der Waals surface area contributed by atoms with E-state index in [-0.39, 0.29) is 11.4 Å². The van der Waals surface area contributed by atoms with Crippen LogP contribution in [0.25, 0.3) is 11.0 Å². The normalized spacial score (nSPS) is 10.5. The Morgan fingerprint density at radius 1 is 1.23 bits per heavy atom. The van der Waals surface area contributed by atoms with Gasteiger partial charge in [0.25, 0.3) is 0 Å². The van der Waals surface area contributed by atoms with Crippen LogP contribution in [-0.2, 0) is 0 Å². The zero-order chi connectivity index (χ0) is 9.42. The predicted octanol–water partition coefficient (Wildman–Crippen LogP) is 2.10. The lowest BCUT2D eigenvalue weighted by Crippen LogP contribution is -1.94. The average molecular weight is 288 g/mol. The second-order valence-corrected chi connectivity index (χ2v) is 3.64. The van der Waals surface area contributed by atoms with E-state index in [1.165, 1.54) is 12.1 Å². The number of rotatable bonds is 0. The van der Waals surface area contributed by atoms with Crippen LogP contribution in [0.2, 0.25) is 0 Å². The molecule has 0 atom stereocenters. The van der Waals surface area contributed by atoms with E-state index in [0.717, 1.165) is 5.39 Å². The Morgan fingerprint density at radius 2 is 2.00 bits per heavy atom. The van der Waals surface area contributed by atoms with Crippen LogP contribution in [0.5, 0.6) is 5.75 Å². The van der Waals surface area contributed by atoms with Crippen molar-refractivity contribution in [1.29, 1.82) is 0 Å². The number of fused-ring (bicyclic) bond motifs is 1. The minimum Gasteiger partial charge on any atom is -0.507 e. The topological polar surface area (TPSA) is 50.4 Å². The molecule has 0 aliphatic carbocycles. The highest BCUT2D eigenvalue weighted by Crippen LogP contribution is 2.27. The van der Waals surface area contributed by atoms with Crippen LogP contribution in [0, 0.1) is 3.57 Å². The van der Waals surface area contributed by atoms with E-state index < -0.39 is 0 Å². The maximum Gasteiger partial charge on any atom is 0.336 e. The minimum absolute atomic E-state index is 0.196. The van der Waals surface area contributed by atoms with Crippen LogP contribution >= 0.6 is 22.6 Å². The first kappa shape index (κ1) is 8.55. The molecule has 1 N–H and O–H groups in total. The van der Waals surface area contributed by atoms with E-state index in [1.54, 1.807) is 12.1 Å². The van der Waals surface area contributed by atoms with Crippen LogP contribution < -0.4 is 5.63 Å². The van der Waals surface area contributed by atoms with Crippen molar-refractivity contribution in [1.82, 2.24) is 0 Å². The SMILES string of the molecule is O=c1ccc2c(I)c(O)ccc2o1. The Labute approximate surface area is 87.1 Å². The minimum atomic E-state index is -0.381. The summed E-state index contributed by atoms with van der Waals surface area (Å²) in [6, 6.07) is 6.06. The second kappa shape index (κ2) is 3.02. The van der Waals surface area contributed by atoms with Crippen LogP contribution in [0.15, 0.2) is 33.5 Å². The Balaban J connectivity index is 2.95. The molecule has 0 saturated carbocycles. The summed E-state index contributed by atoms with van der Waals surface area (Å²) in [5, 5.41) is 10.1. The summed E-state index contributed by atoms with van der Waals surface area (Å²) in [7, 11) is 0. The molecule has 0 fully saturated rings. The van der Waals surface area contributed by atoms with Gasteiger partial charge in [-0.2, -0.15) is 0 Å². The summed E-state index contributed by atoms with van der Waals surface area (Å²) in [5.74, 6) is 0.196. The third-order valence-corrected chi connectivity index (χ3v) is 2.85. The van der Waals surface area contributed by atoms with Gasteiger partial charge in [-0.1, -0.05) is 0 Å². The van der Waals surface area contributed by atoms with Gasteiger partial charge in [-0.15, -0.1) is 0 Å². The molecule has 0 aliphatic heterocycles. The molecule has 66 valence electrons. The fourth-order valence-electron chi connectivity index (χ4n) is 1.10. The molecule has 0 bridgehead atoms. The number of hydrogen-bond donors (Lipinski definition) is 1. The first-order valence-corrected chi connectivity index (χ1v) is 4.68. The number of phenolic OH excluding ortho intramolecular Hbond substituents is 1. The summed E-state index contributed by atoms with van der Waals surface area (Å²) in [6.45, 7) is 0. The molecule has 0 amide bonds. The Kier molecular flexibility index (Phi) is 1.99. The molecule has 2 rings (SSSR count). The van der Waals surface area contributed by atoms with E-state index in [1.807, 2.05) is 22.6 Å². The maximum absolute atomic E-state index is 10.8. The van der Waals surface area contributed by atoms with Gasteiger partial charge in [0.15, 0.2) is 0 Å². The molecule has 2 aromatic rings. The molecule has 1 aromatic carbocycles. The van der Waals surface area contributed by atoms with E-state index in [0.29, 0.717) is 9.15 Å². The Bertz CT molecular complexity index is 516. The number of aromatic hydroxyl groups is 1. The van der Waals surface area contributed by atoms with Gasteiger partial charge < -0.3 is 9.52 Å². The zero-order valence-corrected chi connectivity index (χ0v) is 8.61. The van der Waals surface area contributed by atoms with Crippen molar-refractivity contribution in [3.05, 3.63) is 38.3 Å². The second-order valence-electron chi connectivity index (χ2n) is 2.56. The largest absolute Gasteiger partial charge is 0.507 e. The fraction of sp³-hybridized carbons (Fsp3) is 0. The van der Waals surface area contributed by atoms with Gasteiger partial charge in [-0.25, -0.2) is 4.79 Å². The summed E-state index contributed by atoms with van der Waals surface area (Å²) in [6.07, 6.45) is 0. The van der Waals surface area contributed by atoms with Crippen LogP contribution in [-0.4, -0.2) is 5.11 Å². The molecule has 4 heteroatoms. The predicted molar refractivity (Wildman–Crippen MR) is 56.9 cm³/mol. The molecule has 3 nitrogen and oxygen atoms in total. The van der Waals surface area contributed by atoms with Crippen molar-refractivity contribution in [2.45, 2.75) is 0 Å². The number of phenols is 1. The van der Waals surface area contributed by atoms with Crippen molar-refractivity contribution in [3.8, 4) is 5.75 Å². The van der Waals surface area contributed by atoms with Gasteiger partial charge in [0, 0.05) is 11.5 Å². The van der Waals surface area contributed by atoms with E-state index in [9.17, 15) is 9.90 Å². The third kappa shape index (κ3) is 1.41. The number of benzene rings is 1. The average Bonchev–Trinajstić information content (AvgIpc) is 2.12. The molecular weight excluding hydrogens is 283 g/mol. The molecule has 0 aliphatic rings. The third-order valence-electron chi connectivity index (χ3n) is 1.72. The highest BCUT2D eigenvalue weighted by molar-refractivity contribution is 14.1. The fourth-order valence-corrected chi connectivity index (χ4v) is 1.73. The highest BCUT2D eigenvalue weighted by Gasteiger charge is 2.04. The summed E-state index contributed by atoms with van der Waals surface area (Å²) in [5.41, 5.74) is 0.115. The molecule has 0 spiro atoms. The Hall–Kier alpha value is -1.04. The molecule has 1 aromatic heterocycles. The quantitative estimate of drug-likeness (QED) is 0.596. The molecule has 0 unspecified atom stereocenters. The molecule has 0 radical (unpaired) electrons. The van der Waals surface area contributed by atoms with Gasteiger partial charge in [0.05, 0.1) is 3.57 Å². The molecule has 0 saturated heterocycles. The van der Waals surface area contributed by atoms with E-state index in [4.69, 9.17) is 4.42 Å². The van der Waals surface area contributed by atoms with Gasteiger partial charge in [0.2, 0.25) is 0 Å². The van der Waals surface area contributed by atoms with Crippen molar-refractivity contribution in [2.24, 2.45) is 0 Å². The number of hydrogen-bond acceptors (Lipinski definition) is 3. The first-order valence-electron chi connectivity index (χ1n) is 3.60. The lowest BCUT2D eigenvalue weighted by atomic mass is 10.2. The molecule has 1 heterocycles. The van der Waals surface area contributed by atoms with Gasteiger partial charge in [-0.3, -0.25) is 0 Å². The van der Waals surface area contributed by atoms with Crippen LogP contribution in [0.3, 0.4) is 0 Å². The van der Waals surface area contributed by atoms with E-state index in [2.05, 4.69) is 0 Å². The number of halogens is 1. The van der Waals surface area contributed by atoms with E-state index >= 15 is 0 Å². The van der Waals surface area contributed by atoms with Crippen molar-refractivity contribution >= 4 is 33.6 Å². The summed E-state index contributed by atoms with van der Waals surface area (Å²) < 4.78 is 5.62. The van der Waals surface area contributed by atoms with Crippen molar-refractivity contribution < 1.29 is 9.52 Å². The van der Waals surface area contributed by atoms with Crippen molar-refractivity contribution in [2.75, 3.05) is 0 Å². The summed E-state index contributed by atoms with van der Waals surface area (Å²) in [4.78, 5) is 10.8. The zero-order valence-electron chi connectivity index (χ0n) is 6.45. The van der Waals surface area contributed by atoms with Gasteiger partial charge in [-0.05, 0) is 40.8 Å². The Morgan fingerprint density at radius 3 is 2.77 bits per heavy atom. The lowest BCUT2D eigenvalue weighted by molar-refractivity contribution is 0.471. The molecule has 13 heavy (non-hydrogen) atoms. The standard InChI is InChI=1S/C9H5IO3/c10-9-5-1-4-8(12)13-7(5)3-2-6(9)11/h1-4,11H. The van der Waals surface area contributed by atoms with Gasteiger partial charge in [0.1, 0.15) is 11.3 Å². The van der Waals surface area contributed by atoms with Crippen LogP contribution in [0.1, 0.15) is 0 Å². The molecular formula is C9H5IO3. The lowest BCUT2D eigenvalue weighted by Gasteiger charge is -2.00. The summed E-state index contributed by atoms with van der Waals surface area (Å²) >= 11 is 2.00. The maximum atomic E-state index is 10.8. The first-order chi connectivity index (χ1) is 6.18. The van der Waals surface area contributed by atoms with Gasteiger partial charge >= 0.3 is 5.63 Å². The van der Waals surface area contributed by atoms with Crippen molar-refractivity contribution in [3.63, 3.8) is 0 Å². The van der Waals surface area contributed by atoms with Crippen LogP contribution in [0.4, 0.5) is 0 Å². The monoisotopic (exact) mass is 288 g/mol. The highest BCUT2D eigenvalue weighted by atomic mass is 127. The smallest absolute Gasteiger partial charge is 0.336 e.